The van der Waals surface area contributed by atoms with Crippen molar-refractivity contribution in [3.8, 4) is 0 Å². The van der Waals surface area contributed by atoms with E-state index in [1.165, 1.54) is 5.56 Å². The van der Waals surface area contributed by atoms with Crippen LogP contribution >= 0.6 is 17.0 Å². The van der Waals surface area contributed by atoms with Crippen molar-refractivity contribution in [3.63, 3.8) is 0 Å². The van der Waals surface area contributed by atoms with Crippen LogP contribution in [0, 0.1) is 6.92 Å². The zero-order chi connectivity index (χ0) is 8.53. The Labute approximate surface area is 83.0 Å². The summed E-state index contributed by atoms with van der Waals surface area (Å²) >= 11 is 0. The van der Waals surface area contributed by atoms with Gasteiger partial charge in [0.1, 0.15) is 6.29 Å². The number of aliphatic hydroxyl groups excluding tert-OH is 1. The molecular weight excluding hydrogens is 220 g/mol. The number of rotatable bonds is 1. The second-order valence-corrected chi connectivity index (χ2v) is 2.00. The van der Waals surface area contributed by atoms with Gasteiger partial charge in [0.05, 0.1) is 6.61 Å². The van der Waals surface area contributed by atoms with Crippen LogP contribution in [0.3, 0.4) is 0 Å². The van der Waals surface area contributed by atoms with E-state index in [0.717, 1.165) is 0 Å². The maximum atomic E-state index is 8.92. The fourth-order valence-electron chi connectivity index (χ4n) is 0.534. The van der Waals surface area contributed by atoms with E-state index in [0.29, 0.717) is 6.29 Å². The maximum Gasteiger partial charge on any atom is 0.145 e. The van der Waals surface area contributed by atoms with E-state index in [9.17, 15) is 0 Å². The van der Waals surface area contributed by atoms with Crippen molar-refractivity contribution in [2.75, 3.05) is 6.61 Å². The van der Waals surface area contributed by atoms with Gasteiger partial charge in [0.15, 0.2) is 0 Å². The molecule has 68 valence electrons. The van der Waals surface area contributed by atoms with E-state index in [4.69, 9.17) is 9.90 Å². The average Bonchev–Trinajstić information content (AvgIpc) is 2.07. The highest BCUT2D eigenvalue weighted by Crippen LogP contribution is 1.92. The van der Waals surface area contributed by atoms with E-state index in [-0.39, 0.29) is 23.6 Å². The lowest BCUT2D eigenvalue weighted by Crippen LogP contribution is -1.75. The third-order valence-electron chi connectivity index (χ3n) is 1.01. The largest absolute Gasteiger partial charge is 0.389 e. The molecule has 0 heterocycles. The van der Waals surface area contributed by atoms with Gasteiger partial charge in [-0.25, -0.2) is 0 Å². The molecule has 0 unspecified atom stereocenters. The Morgan fingerprint density at radius 1 is 1.33 bits per heavy atom. The summed E-state index contributed by atoms with van der Waals surface area (Å²) in [5.74, 6) is 0. The summed E-state index contributed by atoms with van der Waals surface area (Å²) in [6.07, 6.45) is 0.431. The Balaban J connectivity index is 0. The van der Waals surface area contributed by atoms with Crippen molar-refractivity contribution in [1.82, 2.24) is 0 Å². The molecule has 3 heteroatoms. The topological polar surface area (TPSA) is 37.3 Å². The lowest BCUT2D eigenvalue weighted by Gasteiger charge is -1.82. The summed E-state index contributed by atoms with van der Waals surface area (Å²) in [6, 6.07) is 10.3. The Morgan fingerprint density at radius 3 is 1.92 bits per heavy atom. The predicted molar refractivity (Wildman–Crippen MR) is 54.7 cm³/mol. The molecule has 0 atom stereocenters. The van der Waals surface area contributed by atoms with Crippen LogP contribution in [0.4, 0.5) is 0 Å². The highest BCUT2D eigenvalue weighted by molar-refractivity contribution is 8.93. The van der Waals surface area contributed by atoms with Crippen molar-refractivity contribution in [2.45, 2.75) is 6.92 Å². The number of aryl methyl sites for hydroxylation is 1. The number of benzene rings is 1. The molecule has 0 radical (unpaired) electrons. The van der Waals surface area contributed by atoms with Crippen LogP contribution in [0.5, 0.6) is 0 Å². The molecule has 0 aliphatic carbocycles. The molecule has 1 aromatic carbocycles. The maximum absolute atomic E-state index is 8.92. The van der Waals surface area contributed by atoms with E-state index < -0.39 is 0 Å². The quantitative estimate of drug-likeness (QED) is 0.750. The molecule has 0 fully saturated rings. The summed E-state index contributed by atoms with van der Waals surface area (Å²) < 4.78 is 0. The fourth-order valence-corrected chi connectivity index (χ4v) is 0.534. The Morgan fingerprint density at radius 2 is 1.75 bits per heavy atom. The van der Waals surface area contributed by atoms with Gasteiger partial charge < -0.3 is 9.90 Å². The number of aliphatic hydroxyl groups is 1. The highest BCUT2D eigenvalue weighted by atomic mass is 79.9. The number of aldehydes is 1. The second-order valence-electron chi connectivity index (χ2n) is 2.00. The average molecular weight is 233 g/mol. The Kier molecular flexibility index (Phi) is 12.0. The summed E-state index contributed by atoms with van der Waals surface area (Å²) in [5.41, 5.74) is 1.32. The van der Waals surface area contributed by atoms with Crippen LogP contribution in [0.25, 0.3) is 0 Å². The SMILES string of the molecule is Br.Cc1ccccc1.O=CCO. The molecule has 0 aliphatic heterocycles. The first kappa shape index (κ1) is 13.9. The first-order valence-corrected chi connectivity index (χ1v) is 3.37. The van der Waals surface area contributed by atoms with Gasteiger partial charge in [-0.3, -0.25) is 0 Å². The highest BCUT2D eigenvalue weighted by Gasteiger charge is 1.72. The van der Waals surface area contributed by atoms with Crippen LogP contribution in [-0.2, 0) is 4.79 Å². The van der Waals surface area contributed by atoms with E-state index in [2.05, 4.69) is 19.1 Å². The van der Waals surface area contributed by atoms with Crippen molar-refractivity contribution >= 4 is 23.3 Å². The monoisotopic (exact) mass is 232 g/mol. The standard InChI is InChI=1S/C7H8.C2H4O2.BrH/c1-7-5-3-2-4-6-7;3-1-2-4;/h2-6H,1H3;1,4H,2H2;1H. The van der Waals surface area contributed by atoms with E-state index in [1.807, 2.05) is 18.2 Å². The summed E-state index contributed by atoms with van der Waals surface area (Å²) in [4.78, 5) is 8.92. The molecule has 0 bridgehead atoms. The van der Waals surface area contributed by atoms with Crippen LogP contribution < -0.4 is 0 Å². The van der Waals surface area contributed by atoms with E-state index in [1.54, 1.807) is 0 Å². The number of halogens is 1. The molecule has 0 saturated heterocycles. The molecule has 1 aromatic rings. The third kappa shape index (κ3) is 9.33. The number of hydrogen-bond donors (Lipinski definition) is 1. The predicted octanol–water partition coefficient (Wildman–Crippen LogP) is 1.75. The number of carbonyl (C=O) groups excluding carboxylic acids is 1. The van der Waals surface area contributed by atoms with Crippen LogP contribution in [-0.4, -0.2) is 18.0 Å². The van der Waals surface area contributed by atoms with Gasteiger partial charge in [-0.15, -0.1) is 17.0 Å². The van der Waals surface area contributed by atoms with Crippen LogP contribution in [0.1, 0.15) is 5.56 Å². The molecule has 0 aliphatic rings. The Bertz CT molecular complexity index is 187. The Hall–Kier alpha value is -0.670. The molecule has 0 aromatic heterocycles. The van der Waals surface area contributed by atoms with Crippen LogP contribution in [0.15, 0.2) is 30.3 Å². The van der Waals surface area contributed by atoms with Crippen molar-refractivity contribution in [3.05, 3.63) is 35.9 Å². The van der Waals surface area contributed by atoms with Crippen molar-refractivity contribution < 1.29 is 9.90 Å². The summed E-state index contributed by atoms with van der Waals surface area (Å²) in [6.45, 7) is 1.72. The minimum absolute atomic E-state index is 0. The molecule has 0 saturated carbocycles. The van der Waals surface area contributed by atoms with Gasteiger partial charge >= 0.3 is 0 Å². The van der Waals surface area contributed by atoms with Gasteiger partial charge in [-0.1, -0.05) is 35.9 Å². The smallest absolute Gasteiger partial charge is 0.145 e. The number of hydrogen-bond acceptors (Lipinski definition) is 2. The van der Waals surface area contributed by atoms with Gasteiger partial charge in [0.2, 0.25) is 0 Å². The molecule has 2 nitrogen and oxygen atoms in total. The van der Waals surface area contributed by atoms with E-state index >= 15 is 0 Å². The molecule has 0 amide bonds. The third-order valence-corrected chi connectivity index (χ3v) is 1.01. The van der Waals surface area contributed by atoms with Gasteiger partial charge in [-0.05, 0) is 6.92 Å². The zero-order valence-corrected chi connectivity index (χ0v) is 8.65. The lowest BCUT2D eigenvalue weighted by atomic mass is 10.2. The lowest BCUT2D eigenvalue weighted by molar-refractivity contribution is -0.110. The van der Waals surface area contributed by atoms with Crippen molar-refractivity contribution in [2.24, 2.45) is 0 Å². The first-order chi connectivity index (χ1) is 5.31. The molecule has 1 N–H and O–H groups in total. The minimum Gasteiger partial charge on any atom is -0.389 e. The minimum atomic E-state index is -0.361. The van der Waals surface area contributed by atoms with Crippen molar-refractivity contribution in [1.29, 1.82) is 0 Å². The molecule has 12 heavy (non-hydrogen) atoms. The number of carbonyl (C=O) groups is 1. The summed E-state index contributed by atoms with van der Waals surface area (Å²) in [5, 5.41) is 7.51. The summed E-state index contributed by atoms with van der Waals surface area (Å²) in [7, 11) is 0. The normalized spacial score (nSPS) is 7.17. The van der Waals surface area contributed by atoms with Crippen LogP contribution in [0.2, 0.25) is 0 Å². The zero-order valence-electron chi connectivity index (χ0n) is 6.93. The first-order valence-electron chi connectivity index (χ1n) is 3.37. The fraction of sp³-hybridized carbons (Fsp3) is 0.222. The second kappa shape index (κ2) is 10.3. The van der Waals surface area contributed by atoms with Gasteiger partial charge in [-0.2, -0.15) is 0 Å². The van der Waals surface area contributed by atoms with Gasteiger partial charge in [0.25, 0.3) is 0 Å². The molecule has 1 rings (SSSR count). The van der Waals surface area contributed by atoms with Gasteiger partial charge in [0, 0.05) is 0 Å². The molecular formula is C9H13BrO2. The molecule has 0 spiro atoms.